The molecule has 0 aliphatic heterocycles. The first-order valence-electron chi connectivity index (χ1n) is 7.25. The van der Waals surface area contributed by atoms with E-state index in [-0.39, 0.29) is 17.0 Å². The van der Waals surface area contributed by atoms with Crippen LogP contribution in [0.25, 0.3) is 0 Å². The Morgan fingerprint density at radius 1 is 1.25 bits per heavy atom. The van der Waals surface area contributed by atoms with Crippen molar-refractivity contribution in [2.45, 2.75) is 51.9 Å². The molecule has 0 aliphatic rings. The van der Waals surface area contributed by atoms with E-state index in [4.69, 9.17) is 16.3 Å². The zero-order valence-electron chi connectivity index (χ0n) is 13.8. The van der Waals surface area contributed by atoms with Gasteiger partial charge >= 0.3 is 12.1 Å². The molecule has 1 unspecified atom stereocenters. The van der Waals surface area contributed by atoms with Crippen LogP contribution in [0.5, 0.6) is 0 Å². The van der Waals surface area contributed by atoms with Gasteiger partial charge in [0.1, 0.15) is 11.6 Å². The predicted octanol–water partition coefficient (Wildman–Crippen LogP) is 4.21. The summed E-state index contributed by atoms with van der Waals surface area (Å²) < 4.78 is 43.4. The van der Waals surface area contributed by atoms with Crippen LogP contribution >= 0.6 is 11.6 Å². The molecule has 0 heterocycles. The third kappa shape index (κ3) is 5.70. The average molecular weight is 366 g/mol. The van der Waals surface area contributed by atoms with Gasteiger partial charge in [0, 0.05) is 0 Å². The summed E-state index contributed by atoms with van der Waals surface area (Å²) in [6.45, 7) is 6.65. The summed E-state index contributed by atoms with van der Waals surface area (Å²) in [5.41, 5.74) is -2.10. The van der Waals surface area contributed by atoms with Gasteiger partial charge in [-0.3, -0.25) is 4.79 Å². The van der Waals surface area contributed by atoms with Gasteiger partial charge in [-0.25, -0.2) is 4.79 Å². The van der Waals surface area contributed by atoms with Gasteiger partial charge in [-0.15, -0.1) is 0 Å². The first-order valence-corrected chi connectivity index (χ1v) is 7.63. The predicted molar refractivity (Wildman–Crippen MR) is 83.8 cm³/mol. The molecule has 1 rings (SSSR count). The van der Waals surface area contributed by atoms with Crippen molar-refractivity contribution in [3.05, 3.63) is 34.3 Å². The molecule has 134 valence electrons. The van der Waals surface area contributed by atoms with Crippen molar-refractivity contribution >= 4 is 23.5 Å². The Morgan fingerprint density at radius 3 is 2.29 bits per heavy atom. The van der Waals surface area contributed by atoms with E-state index in [9.17, 15) is 22.8 Å². The van der Waals surface area contributed by atoms with Crippen LogP contribution in [-0.2, 0) is 15.7 Å². The van der Waals surface area contributed by atoms with Gasteiger partial charge in [0.2, 0.25) is 0 Å². The van der Waals surface area contributed by atoms with E-state index >= 15 is 0 Å². The fourth-order valence-corrected chi connectivity index (χ4v) is 2.02. The van der Waals surface area contributed by atoms with E-state index in [1.165, 1.54) is 0 Å². The van der Waals surface area contributed by atoms with Gasteiger partial charge in [0.05, 0.1) is 16.1 Å². The molecule has 1 atom stereocenters. The standard InChI is InChI=1S/C16H19ClF3NO3/c1-5-12(14(23)24-15(2,3)4)21-13(22)10-8-9(16(18,19)20)6-7-11(10)17/h6-8,12H,5H2,1-4H3,(H,21,22). The second-order valence-corrected chi connectivity index (χ2v) is 6.57. The van der Waals surface area contributed by atoms with Crippen LogP contribution in [0.1, 0.15) is 50.0 Å². The van der Waals surface area contributed by atoms with E-state index in [0.29, 0.717) is 6.07 Å². The van der Waals surface area contributed by atoms with Crippen molar-refractivity contribution in [2.24, 2.45) is 0 Å². The summed E-state index contributed by atoms with van der Waals surface area (Å²) in [5, 5.41) is 2.22. The molecular weight excluding hydrogens is 347 g/mol. The Labute approximate surface area is 143 Å². The summed E-state index contributed by atoms with van der Waals surface area (Å²) in [6.07, 6.45) is -4.38. The summed E-state index contributed by atoms with van der Waals surface area (Å²) in [7, 11) is 0. The first-order chi connectivity index (χ1) is 10.8. The number of halogens is 4. The highest BCUT2D eigenvalue weighted by Crippen LogP contribution is 2.31. The summed E-state index contributed by atoms with van der Waals surface area (Å²) in [4.78, 5) is 24.2. The molecule has 1 aromatic rings. The Bertz CT molecular complexity index is 624. The molecule has 1 aromatic carbocycles. The maximum Gasteiger partial charge on any atom is 0.416 e. The molecule has 0 saturated heterocycles. The van der Waals surface area contributed by atoms with Gasteiger partial charge in [-0.05, 0) is 45.4 Å². The molecular formula is C16H19ClF3NO3. The molecule has 0 aromatic heterocycles. The molecule has 0 saturated carbocycles. The van der Waals surface area contributed by atoms with Crippen molar-refractivity contribution in [1.82, 2.24) is 5.32 Å². The SMILES string of the molecule is CCC(NC(=O)c1cc(C(F)(F)F)ccc1Cl)C(=O)OC(C)(C)C. The van der Waals surface area contributed by atoms with Crippen LogP contribution in [-0.4, -0.2) is 23.5 Å². The molecule has 24 heavy (non-hydrogen) atoms. The minimum atomic E-state index is -4.60. The number of carbonyl (C=O) groups excluding carboxylic acids is 2. The third-order valence-electron chi connectivity index (χ3n) is 2.94. The second-order valence-electron chi connectivity index (χ2n) is 6.16. The van der Waals surface area contributed by atoms with E-state index in [2.05, 4.69) is 5.32 Å². The Balaban J connectivity index is 2.99. The van der Waals surface area contributed by atoms with E-state index in [1.807, 2.05) is 0 Å². The maximum atomic E-state index is 12.8. The van der Waals surface area contributed by atoms with Crippen LogP contribution in [0.2, 0.25) is 5.02 Å². The molecule has 0 radical (unpaired) electrons. The van der Waals surface area contributed by atoms with Crippen LogP contribution in [0, 0.1) is 0 Å². The fraction of sp³-hybridized carbons (Fsp3) is 0.500. The average Bonchev–Trinajstić information content (AvgIpc) is 2.41. The Kier molecular flexibility index (Phi) is 6.27. The number of amides is 1. The van der Waals surface area contributed by atoms with Crippen molar-refractivity contribution in [2.75, 3.05) is 0 Å². The van der Waals surface area contributed by atoms with Gasteiger partial charge in [-0.2, -0.15) is 13.2 Å². The quantitative estimate of drug-likeness (QED) is 0.813. The minimum Gasteiger partial charge on any atom is -0.458 e. The lowest BCUT2D eigenvalue weighted by molar-refractivity contribution is -0.157. The number of ether oxygens (including phenoxy) is 1. The number of benzene rings is 1. The molecule has 0 fully saturated rings. The highest BCUT2D eigenvalue weighted by atomic mass is 35.5. The third-order valence-corrected chi connectivity index (χ3v) is 3.27. The topological polar surface area (TPSA) is 55.4 Å². The van der Waals surface area contributed by atoms with Crippen molar-refractivity contribution in [1.29, 1.82) is 0 Å². The molecule has 0 spiro atoms. The van der Waals surface area contributed by atoms with Gasteiger partial charge < -0.3 is 10.1 Å². The molecule has 0 bridgehead atoms. The van der Waals surface area contributed by atoms with Crippen molar-refractivity contribution < 1.29 is 27.5 Å². The lowest BCUT2D eigenvalue weighted by Gasteiger charge is -2.24. The molecule has 1 N–H and O–H groups in total. The fourth-order valence-electron chi connectivity index (χ4n) is 1.81. The molecule has 4 nitrogen and oxygen atoms in total. The minimum absolute atomic E-state index is 0.139. The summed E-state index contributed by atoms with van der Waals surface area (Å²) in [5.74, 6) is -1.54. The number of alkyl halides is 3. The zero-order valence-corrected chi connectivity index (χ0v) is 14.5. The summed E-state index contributed by atoms with van der Waals surface area (Å²) >= 11 is 5.81. The van der Waals surface area contributed by atoms with Gasteiger partial charge in [0.15, 0.2) is 0 Å². The zero-order chi connectivity index (χ0) is 18.7. The van der Waals surface area contributed by atoms with Crippen LogP contribution in [0.15, 0.2) is 18.2 Å². The highest BCUT2D eigenvalue weighted by molar-refractivity contribution is 6.33. The lowest BCUT2D eigenvalue weighted by Crippen LogP contribution is -2.43. The largest absolute Gasteiger partial charge is 0.458 e. The monoisotopic (exact) mass is 365 g/mol. The number of esters is 1. The number of carbonyl (C=O) groups is 2. The number of nitrogens with one attached hydrogen (secondary N) is 1. The number of hydrogen-bond donors (Lipinski definition) is 1. The van der Waals surface area contributed by atoms with Crippen molar-refractivity contribution in [3.8, 4) is 0 Å². The Morgan fingerprint density at radius 2 is 1.83 bits per heavy atom. The highest BCUT2D eigenvalue weighted by Gasteiger charge is 2.32. The van der Waals surface area contributed by atoms with E-state index in [0.717, 1.165) is 12.1 Å². The van der Waals surface area contributed by atoms with Gasteiger partial charge in [0.25, 0.3) is 5.91 Å². The smallest absolute Gasteiger partial charge is 0.416 e. The van der Waals surface area contributed by atoms with Crippen LogP contribution in [0.3, 0.4) is 0 Å². The number of hydrogen-bond acceptors (Lipinski definition) is 3. The molecule has 0 aliphatic carbocycles. The van der Waals surface area contributed by atoms with Gasteiger partial charge in [-0.1, -0.05) is 18.5 Å². The molecule has 8 heteroatoms. The summed E-state index contributed by atoms with van der Waals surface area (Å²) in [6, 6.07) is 1.44. The van der Waals surface area contributed by atoms with E-state index < -0.39 is 35.3 Å². The first kappa shape index (κ1) is 20.3. The van der Waals surface area contributed by atoms with E-state index in [1.54, 1.807) is 27.7 Å². The Hall–Kier alpha value is -1.76. The van der Waals surface area contributed by atoms with Crippen molar-refractivity contribution in [3.63, 3.8) is 0 Å². The second kappa shape index (κ2) is 7.42. The normalized spacial score (nSPS) is 13.3. The number of rotatable bonds is 4. The molecule has 1 amide bonds. The van der Waals surface area contributed by atoms with Crippen LogP contribution in [0.4, 0.5) is 13.2 Å². The van der Waals surface area contributed by atoms with Crippen LogP contribution < -0.4 is 5.32 Å². The maximum absolute atomic E-state index is 12.8. The lowest BCUT2D eigenvalue weighted by atomic mass is 10.1.